The molecule has 2 rings (SSSR count). The first kappa shape index (κ1) is 11.4. The second-order valence-electron chi connectivity index (χ2n) is 5.11. The van der Waals surface area contributed by atoms with Crippen LogP contribution in [0.15, 0.2) is 0 Å². The van der Waals surface area contributed by atoms with Gasteiger partial charge in [0.05, 0.1) is 12.2 Å². The van der Waals surface area contributed by atoms with E-state index in [0.29, 0.717) is 12.0 Å². The maximum atomic E-state index is 9.81. The van der Waals surface area contributed by atoms with Crippen molar-refractivity contribution in [3.05, 3.63) is 0 Å². The van der Waals surface area contributed by atoms with Gasteiger partial charge in [-0.05, 0) is 45.1 Å². The van der Waals surface area contributed by atoms with E-state index in [-0.39, 0.29) is 6.10 Å². The number of hydrogen-bond acceptors (Lipinski definition) is 3. The van der Waals surface area contributed by atoms with Crippen LogP contribution in [0.25, 0.3) is 0 Å². The summed E-state index contributed by atoms with van der Waals surface area (Å²) in [5.41, 5.74) is 0. The lowest BCUT2D eigenvalue weighted by Crippen LogP contribution is -2.38. The molecule has 0 spiro atoms. The van der Waals surface area contributed by atoms with E-state index >= 15 is 0 Å². The van der Waals surface area contributed by atoms with Gasteiger partial charge in [0.25, 0.3) is 0 Å². The first-order valence-corrected chi connectivity index (χ1v) is 6.24. The van der Waals surface area contributed by atoms with Gasteiger partial charge in [0.15, 0.2) is 0 Å². The van der Waals surface area contributed by atoms with Crippen LogP contribution < -0.4 is 0 Å². The van der Waals surface area contributed by atoms with E-state index in [2.05, 4.69) is 11.9 Å². The third-order valence-electron chi connectivity index (χ3n) is 3.45. The third-order valence-corrected chi connectivity index (χ3v) is 3.45. The predicted molar refractivity (Wildman–Crippen MR) is 59.8 cm³/mol. The number of ether oxygens (including phenoxy) is 1. The summed E-state index contributed by atoms with van der Waals surface area (Å²) in [6.45, 7) is 2.71. The van der Waals surface area contributed by atoms with Crippen LogP contribution in [0.4, 0.5) is 0 Å². The summed E-state index contributed by atoms with van der Waals surface area (Å²) < 4.78 is 5.68. The van der Waals surface area contributed by atoms with Crippen molar-refractivity contribution >= 4 is 0 Å². The number of nitrogens with zero attached hydrogens (tertiary/aromatic N) is 1. The highest BCUT2D eigenvalue weighted by molar-refractivity contribution is 4.83. The molecule has 0 radical (unpaired) electrons. The van der Waals surface area contributed by atoms with E-state index in [1.54, 1.807) is 0 Å². The standard InChI is InChI=1S/C12H23NO2/c1-13(9-12(14)10-5-6-10)8-11-4-2-3-7-15-11/h10-12,14H,2-9H2,1H3. The topological polar surface area (TPSA) is 32.7 Å². The predicted octanol–water partition coefficient (Wildman–Crippen LogP) is 1.26. The van der Waals surface area contributed by atoms with E-state index < -0.39 is 0 Å². The van der Waals surface area contributed by atoms with Crippen molar-refractivity contribution in [3.8, 4) is 0 Å². The molecule has 3 nitrogen and oxygen atoms in total. The summed E-state index contributed by atoms with van der Waals surface area (Å²) in [5, 5.41) is 9.81. The van der Waals surface area contributed by atoms with Crippen LogP contribution in [0.3, 0.4) is 0 Å². The minimum Gasteiger partial charge on any atom is -0.392 e. The van der Waals surface area contributed by atoms with Crippen LogP contribution in [-0.4, -0.2) is 49.0 Å². The van der Waals surface area contributed by atoms with Gasteiger partial charge >= 0.3 is 0 Å². The Hall–Kier alpha value is -0.120. The van der Waals surface area contributed by atoms with Gasteiger partial charge in [0, 0.05) is 19.7 Å². The molecule has 0 amide bonds. The summed E-state index contributed by atoms with van der Waals surface area (Å²) in [6.07, 6.45) is 6.41. The van der Waals surface area contributed by atoms with Gasteiger partial charge in [-0.25, -0.2) is 0 Å². The molecule has 2 unspecified atom stereocenters. The van der Waals surface area contributed by atoms with Crippen LogP contribution in [-0.2, 0) is 4.74 Å². The van der Waals surface area contributed by atoms with Crippen LogP contribution >= 0.6 is 0 Å². The molecule has 0 aromatic rings. The average molecular weight is 213 g/mol. The van der Waals surface area contributed by atoms with Crippen molar-refractivity contribution in [1.82, 2.24) is 4.90 Å². The summed E-state index contributed by atoms with van der Waals surface area (Å²) in [7, 11) is 2.09. The number of aliphatic hydroxyl groups excluding tert-OH is 1. The Morgan fingerprint density at radius 1 is 1.33 bits per heavy atom. The van der Waals surface area contributed by atoms with E-state index in [9.17, 15) is 5.11 Å². The van der Waals surface area contributed by atoms with E-state index in [1.165, 1.54) is 32.1 Å². The summed E-state index contributed by atoms with van der Waals surface area (Å²) in [4.78, 5) is 2.22. The molecular formula is C12H23NO2. The van der Waals surface area contributed by atoms with Gasteiger partial charge < -0.3 is 14.7 Å². The molecule has 1 aliphatic heterocycles. The van der Waals surface area contributed by atoms with Gasteiger partial charge in [0.1, 0.15) is 0 Å². The highest BCUT2D eigenvalue weighted by Crippen LogP contribution is 2.32. The lowest BCUT2D eigenvalue weighted by Gasteiger charge is -2.28. The first-order chi connectivity index (χ1) is 7.25. The lowest BCUT2D eigenvalue weighted by atomic mass is 10.1. The zero-order chi connectivity index (χ0) is 10.7. The van der Waals surface area contributed by atoms with Gasteiger partial charge in [-0.15, -0.1) is 0 Å². The Balaban J connectivity index is 1.63. The van der Waals surface area contributed by atoms with E-state index in [0.717, 1.165) is 19.7 Å². The summed E-state index contributed by atoms with van der Waals surface area (Å²) in [6, 6.07) is 0. The third kappa shape index (κ3) is 3.74. The highest BCUT2D eigenvalue weighted by Gasteiger charge is 2.30. The van der Waals surface area contributed by atoms with Crippen LogP contribution in [0, 0.1) is 5.92 Å². The average Bonchev–Trinajstić information content (AvgIpc) is 3.01. The fourth-order valence-corrected chi connectivity index (χ4v) is 2.32. The van der Waals surface area contributed by atoms with Crippen molar-refractivity contribution in [3.63, 3.8) is 0 Å². The van der Waals surface area contributed by atoms with Crippen molar-refractivity contribution in [2.45, 2.75) is 44.3 Å². The second-order valence-corrected chi connectivity index (χ2v) is 5.11. The Bertz CT molecular complexity index is 188. The maximum Gasteiger partial charge on any atom is 0.0701 e. The van der Waals surface area contributed by atoms with Gasteiger partial charge in [-0.2, -0.15) is 0 Å². The molecule has 2 aliphatic rings. The van der Waals surface area contributed by atoms with Crippen molar-refractivity contribution < 1.29 is 9.84 Å². The molecule has 88 valence electrons. The SMILES string of the molecule is CN(CC1CCCCO1)CC(O)C1CC1. The fourth-order valence-electron chi connectivity index (χ4n) is 2.32. The number of aliphatic hydroxyl groups is 1. The Morgan fingerprint density at radius 3 is 2.73 bits per heavy atom. The molecule has 3 heteroatoms. The van der Waals surface area contributed by atoms with Gasteiger partial charge in [0.2, 0.25) is 0 Å². The molecule has 1 heterocycles. The lowest BCUT2D eigenvalue weighted by molar-refractivity contribution is -0.00913. The first-order valence-electron chi connectivity index (χ1n) is 6.24. The summed E-state index contributed by atoms with van der Waals surface area (Å²) in [5.74, 6) is 0.583. The van der Waals surface area contributed by atoms with Crippen LogP contribution in [0.2, 0.25) is 0 Å². The molecule has 0 aromatic carbocycles. The monoisotopic (exact) mass is 213 g/mol. The summed E-state index contributed by atoms with van der Waals surface area (Å²) >= 11 is 0. The molecule has 0 aromatic heterocycles. The molecule has 15 heavy (non-hydrogen) atoms. The Labute approximate surface area is 92.4 Å². The Kier molecular flexibility index (Phi) is 4.00. The zero-order valence-electron chi connectivity index (χ0n) is 9.69. The minimum atomic E-state index is -0.112. The molecule has 1 saturated heterocycles. The normalized spacial score (nSPS) is 29.4. The van der Waals surface area contributed by atoms with Crippen molar-refractivity contribution in [2.24, 2.45) is 5.92 Å². The van der Waals surface area contributed by atoms with Crippen LogP contribution in [0.5, 0.6) is 0 Å². The second kappa shape index (κ2) is 5.28. The number of rotatable bonds is 5. The quantitative estimate of drug-likeness (QED) is 0.746. The fraction of sp³-hybridized carbons (Fsp3) is 1.00. The molecule has 1 saturated carbocycles. The highest BCUT2D eigenvalue weighted by atomic mass is 16.5. The van der Waals surface area contributed by atoms with Crippen molar-refractivity contribution in [1.29, 1.82) is 0 Å². The molecule has 2 fully saturated rings. The van der Waals surface area contributed by atoms with Gasteiger partial charge in [-0.1, -0.05) is 0 Å². The molecule has 0 bridgehead atoms. The molecule has 2 atom stereocenters. The Morgan fingerprint density at radius 2 is 2.13 bits per heavy atom. The number of likely N-dealkylation sites (N-methyl/N-ethyl adjacent to an activating group) is 1. The maximum absolute atomic E-state index is 9.81. The number of hydrogen-bond donors (Lipinski definition) is 1. The van der Waals surface area contributed by atoms with E-state index in [1.807, 2.05) is 0 Å². The zero-order valence-corrected chi connectivity index (χ0v) is 9.69. The van der Waals surface area contributed by atoms with Gasteiger partial charge in [-0.3, -0.25) is 0 Å². The smallest absolute Gasteiger partial charge is 0.0701 e. The van der Waals surface area contributed by atoms with E-state index in [4.69, 9.17) is 4.74 Å². The largest absolute Gasteiger partial charge is 0.392 e. The molecular weight excluding hydrogens is 190 g/mol. The van der Waals surface area contributed by atoms with Crippen LogP contribution in [0.1, 0.15) is 32.1 Å². The minimum absolute atomic E-state index is 0.112. The molecule has 1 N–H and O–H groups in total. The van der Waals surface area contributed by atoms with Crippen molar-refractivity contribution in [2.75, 3.05) is 26.7 Å². The molecule has 1 aliphatic carbocycles.